The van der Waals surface area contributed by atoms with E-state index in [4.69, 9.17) is 4.98 Å². The predicted molar refractivity (Wildman–Crippen MR) is 178 cm³/mol. The Hall–Kier alpha value is -5.34. The van der Waals surface area contributed by atoms with E-state index in [-0.39, 0.29) is 0 Å². The number of rotatable bonds is 3. The first kappa shape index (κ1) is 24.5. The maximum Gasteiger partial charge on any atom is 0.126 e. The lowest BCUT2D eigenvalue weighted by molar-refractivity contribution is 1.02. The van der Waals surface area contributed by atoms with Gasteiger partial charge in [0.25, 0.3) is 0 Å². The van der Waals surface area contributed by atoms with Crippen molar-refractivity contribution in [2.45, 2.75) is 13.8 Å². The van der Waals surface area contributed by atoms with E-state index in [9.17, 15) is 0 Å². The molecule has 0 atom stereocenters. The lowest BCUT2D eigenvalue weighted by Gasteiger charge is -2.19. The largest absolute Gasteiger partial charge is 0.239 e. The molecule has 0 aliphatic heterocycles. The molecule has 1 aromatic heterocycles. The van der Waals surface area contributed by atoms with E-state index in [0.29, 0.717) is 0 Å². The zero-order valence-corrected chi connectivity index (χ0v) is 23.6. The summed E-state index contributed by atoms with van der Waals surface area (Å²) in [5.41, 5.74) is 7.97. The Morgan fingerprint density at radius 1 is 0.381 bits per heavy atom. The third kappa shape index (κ3) is 4.03. The van der Waals surface area contributed by atoms with Crippen LogP contribution in [0.15, 0.2) is 133 Å². The fourth-order valence-electron chi connectivity index (χ4n) is 6.51. The highest BCUT2D eigenvalue weighted by atomic mass is 14.9. The summed E-state index contributed by atoms with van der Waals surface area (Å²) in [4.78, 5) is 9.35. The molecule has 0 N–H and O–H groups in total. The predicted octanol–water partition coefficient (Wildman–Crippen LogP) is 10.7. The summed E-state index contributed by atoms with van der Waals surface area (Å²) < 4.78 is 0. The van der Waals surface area contributed by atoms with Crippen LogP contribution < -0.4 is 0 Å². The molecule has 42 heavy (non-hydrogen) atoms. The molecule has 7 aromatic carbocycles. The Kier molecular flexibility index (Phi) is 5.61. The van der Waals surface area contributed by atoms with Crippen LogP contribution in [0.1, 0.15) is 11.5 Å². The van der Waals surface area contributed by atoms with Crippen molar-refractivity contribution in [3.63, 3.8) is 0 Å². The monoisotopic (exact) mass is 536 g/mol. The van der Waals surface area contributed by atoms with Crippen LogP contribution in [0.4, 0.5) is 0 Å². The molecule has 0 saturated carbocycles. The average Bonchev–Trinajstić information content (AvgIpc) is 3.02. The van der Waals surface area contributed by atoms with E-state index in [0.717, 1.165) is 22.8 Å². The highest BCUT2D eigenvalue weighted by molar-refractivity contribution is 6.22. The Morgan fingerprint density at radius 3 is 1.48 bits per heavy atom. The van der Waals surface area contributed by atoms with Crippen molar-refractivity contribution < 1.29 is 0 Å². The molecule has 2 heteroatoms. The van der Waals surface area contributed by atoms with E-state index in [2.05, 4.69) is 138 Å². The second-order valence-electron chi connectivity index (χ2n) is 11.1. The van der Waals surface area contributed by atoms with Crippen LogP contribution in [-0.4, -0.2) is 9.97 Å². The maximum absolute atomic E-state index is 4.82. The fourth-order valence-corrected chi connectivity index (χ4v) is 6.51. The van der Waals surface area contributed by atoms with Crippen molar-refractivity contribution in [2.24, 2.45) is 0 Å². The number of fused-ring (bicyclic) bond motifs is 4. The molecule has 0 bridgehead atoms. The lowest BCUT2D eigenvalue weighted by Crippen LogP contribution is -1.95. The van der Waals surface area contributed by atoms with Gasteiger partial charge in [-0.15, -0.1) is 0 Å². The van der Waals surface area contributed by atoms with Gasteiger partial charge < -0.3 is 0 Å². The van der Waals surface area contributed by atoms with Gasteiger partial charge in [-0.05, 0) is 103 Å². The van der Waals surface area contributed by atoms with E-state index >= 15 is 0 Å². The van der Waals surface area contributed by atoms with Crippen LogP contribution in [0.3, 0.4) is 0 Å². The topological polar surface area (TPSA) is 25.8 Å². The quantitative estimate of drug-likeness (QED) is 0.210. The first-order chi connectivity index (χ1) is 20.6. The second kappa shape index (κ2) is 9.64. The zero-order valence-electron chi connectivity index (χ0n) is 23.6. The molecule has 8 rings (SSSR count). The van der Waals surface area contributed by atoms with Crippen LogP contribution in [0, 0.1) is 13.8 Å². The van der Waals surface area contributed by atoms with E-state index in [1.165, 1.54) is 65.3 Å². The molecule has 0 radical (unpaired) electrons. The van der Waals surface area contributed by atoms with Crippen molar-refractivity contribution in [1.29, 1.82) is 0 Å². The number of hydrogen-bond donors (Lipinski definition) is 0. The van der Waals surface area contributed by atoms with Crippen molar-refractivity contribution >= 4 is 43.1 Å². The summed E-state index contributed by atoms with van der Waals surface area (Å²) in [6.45, 7) is 3.99. The van der Waals surface area contributed by atoms with Crippen LogP contribution in [0.5, 0.6) is 0 Å². The van der Waals surface area contributed by atoms with Gasteiger partial charge in [0.15, 0.2) is 0 Å². The highest BCUT2D eigenvalue weighted by Crippen LogP contribution is 2.45. The van der Waals surface area contributed by atoms with Crippen LogP contribution in [0.25, 0.3) is 76.6 Å². The standard InChI is InChI=1S/C40H28N2/c1-25-21-38(42-26(2)41-25)31-19-20-36-37(24-31)40(33-18-16-28-10-4-6-12-30(28)23-33)35-14-8-7-13-34(35)39(36)32-17-15-27-9-3-5-11-29(27)22-32/h3-24H,1-2H3. The Bertz CT molecular complexity index is 2310. The Morgan fingerprint density at radius 2 is 0.881 bits per heavy atom. The van der Waals surface area contributed by atoms with Gasteiger partial charge in [0.2, 0.25) is 0 Å². The van der Waals surface area contributed by atoms with Crippen molar-refractivity contribution in [3.05, 3.63) is 145 Å². The van der Waals surface area contributed by atoms with Gasteiger partial charge in [-0.1, -0.05) is 109 Å². The Labute approximate surface area is 244 Å². The molecule has 0 aliphatic rings. The normalized spacial score (nSPS) is 11.6. The molecule has 0 saturated heterocycles. The van der Waals surface area contributed by atoms with Gasteiger partial charge in [0.05, 0.1) is 5.69 Å². The van der Waals surface area contributed by atoms with Crippen molar-refractivity contribution in [1.82, 2.24) is 9.97 Å². The highest BCUT2D eigenvalue weighted by Gasteiger charge is 2.18. The maximum atomic E-state index is 4.82. The fraction of sp³-hybridized carbons (Fsp3) is 0.0500. The molecule has 0 spiro atoms. The minimum atomic E-state index is 0.787. The molecule has 0 unspecified atom stereocenters. The van der Waals surface area contributed by atoms with Crippen LogP contribution >= 0.6 is 0 Å². The smallest absolute Gasteiger partial charge is 0.126 e. The van der Waals surface area contributed by atoms with E-state index in [1.54, 1.807) is 0 Å². The molecule has 198 valence electrons. The van der Waals surface area contributed by atoms with Crippen molar-refractivity contribution in [2.75, 3.05) is 0 Å². The SMILES string of the molecule is Cc1cc(-c2ccc3c(-c4ccc5ccccc5c4)c4ccccc4c(-c4ccc5ccccc5c4)c3c2)nc(C)n1. The third-order valence-corrected chi connectivity index (χ3v) is 8.36. The zero-order chi connectivity index (χ0) is 28.2. The molecular weight excluding hydrogens is 508 g/mol. The first-order valence-electron chi connectivity index (χ1n) is 14.4. The minimum Gasteiger partial charge on any atom is -0.239 e. The van der Waals surface area contributed by atoms with E-state index in [1.807, 2.05) is 13.8 Å². The Balaban J connectivity index is 1.51. The molecule has 0 amide bonds. The molecule has 8 aromatic rings. The number of benzene rings is 7. The van der Waals surface area contributed by atoms with Gasteiger partial charge in [-0.3, -0.25) is 0 Å². The van der Waals surface area contributed by atoms with Gasteiger partial charge in [0.1, 0.15) is 5.82 Å². The van der Waals surface area contributed by atoms with Crippen LogP contribution in [0.2, 0.25) is 0 Å². The molecule has 2 nitrogen and oxygen atoms in total. The molecule has 0 aliphatic carbocycles. The number of aryl methyl sites for hydroxylation is 2. The van der Waals surface area contributed by atoms with Crippen LogP contribution in [-0.2, 0) is 0 Å². The summed E-state index contributed by atoms with van der Waals surface area (Å²) >= 11 is 0. The van der Waals surface area contributed by atoms with Gasteiger partial charge in [-0.25, -0.2) is 9.97 Å². The number of hydrogen-bond acceptors (Lipinski definition) is 2. The van der Waals surface area contributed by atoms with Gasteiger partial charge in [0, 0.05) is 11.3 Å². The summed E-state index contributed by atoms with van der Waals surface area (Å²) in [7, 11) is 0. The minimum absolute atomic E-state index is 0.787. The molecule has 1 heterocycles. The second-order valence-corrected chi connectivity index (χ2v) is 11.1. The van der Waals surface area contributed by atoms with Gasteiger partial charge in [-0.2, -0.15) is 0 Å². The van der Waals surface area contributed by atoms with Crippen molar-refractivity contribution in [3.8, 4) is 33.5 Å². The summed E-state index contributed by atoms with van der Waals surface area (Å²) in [5.74, 6) is 0.787. The van der Waals surface area contributed by atoms with E-state index < -0.39 is 0 Å². The number of nitrogens with zero attached hydrogens (tertiary/aromatic N) is 2. The summed E-state index contributed by atoms with van der Waals surface area (Å²) in [5, 5.41) is 9.94. The van der Waals surface area contributed by atoms with Gasteiger partial charge >= 0.3 is 0 Å². The number of aromatic nitrogens is 2. The lowest BCUT2D eigenvalue weighted by atomic mass is 9.84. The molecule has 0 fully saturated rings. The average molecular weight is 537 g/mol. The first-order valence-corrected chi connectivity index (χ1v) is 14.4. The summed E-state index contributed by atoms with van der Waals surface area (Å²) in [6.07, 6.45) is 0. The summed E-state index contributed by atoms with van der Waals surface area (Å²) in [6, 6.07) is 48.6. The third-order valence-electron chi connectivity index (χ3n) is 8.36. The molecular formula is C40H28N2.